The van der Waals surface area contributed by atoms with Crippen LogP contribution in [0.2, 0.25) is 0 Å². The minimum absolute atomic E-state index is 0.123. The van der Waals surface area contributed by atoms with Gasteiger partial charge in [-0.1, -0.05) is 18.2 Å². The van der Waals surface area contributed by atoms with Gasteiger partial charge in [0, 0.05) is 11.5 Å². The predicted molar refractivity (Wildman–Crippen MR) is 114 cm³/mol. The lowest BCUT2D eigenvalue weighted by molar-refractivity contribution is -0.188. The van der Waals surface area contributed by atoms with E-state index in [2.05, 4.69) is 11.5 Å². The van der Waals surface area contributed by atoms with Crippen LogP contribution in [-0.4, -0.2) is 45.6 Å². The number of carbonyl (C=O) groups excluding carboxylic acids is 2. The Morgan fingerprint density at radius 2 is 1.84 bits per heavy atom. The van der Waals surface area contributed by atoms with Gasteiger partial charge in [-0.2, -0.15) is 5.26 Å². The number of hydrogen-bond donors (Lipinski definition) is 2. The lowest BCUT2D eigenvalue weighted by Crippen LogP contribution is -2.66. The fourth-order valence-corrected chi connectivity index (χ4v) is 7.84. The van der Waals surface area contributed by atoms with Gasteiger partial charge in [-0.05, 0) is 81.3 Å². The number of aliphatic hydroxyl groups is 1. The summed E-state index contributed by atoms with van der Waals surface area (Å²) in [5.74, 6) is 0.517. The minimum atomic E-state index is -0.747. The van der Waals surface area contributed by atoms with Gasteiger partial charge in [-0.25, -0.2) is 4.79 Å². The van der Waals surface area contributed by atoms with Gasteiger partial charge in [0.15, 0.2) is 0 Å². The monoisotopic (exact) mass is 435 g/mol. The number of nitrogens with one attached hydrogen (secondary N) is 1. The van der Waals surface area contributed by atoms with Gasteiger partial charge in [0.1, 0.15) is 12.1 Å². The van der Waals surface area contributed by atoms with E-state index in [1.54, 1.807) is 29.2 Å². The zero-order valence-electron chi connectivity index (χ0n) is 18.1. The van der Waals surface area contributed by atoms with Crippen LogP contribution in [0.1, 0.15) is 61.7 Å². The van der Waals surface area contributed by atoms with E-state index in [1.807, 2.05) is 6.07 Å². The molecule has 7 nitrogen and oxygen atoms in total. The van der Waals surface area contributed by atoms with E-state index >= 15 is 0 Å². The number of nitriles is 1. The summed E-state index contributed by atoms with van der Waals surface area (Å²) in [4.78, 5) is 33.9. The highest BCUT2D eigenvalue weighted by Gasteiger charge is 2.64. The molecule has 6 aliphatic rings. The lowest BCUT2D eigenvalue weighted by Gasteiger charge is -2.62. The first-order chi connectivity index (χ1) is 15.4. The number of carbonyl (C=O) groups is 2. The average Bonchev–Trinajstić information content (AvgIpc) is 3.41. The van der Waals surface area contributed by atoms with Crippen molar-refractivity contribution in [3.8, 4) is 6.07 Å². The Bertz CT molecular complexity index is 975. The van der Waals surface area contributed by atoms with Gasteiger partial charge < -0.3 is 14.8 Å². The molecular weight excluding hydrogens is 406 g/mol. The number of nitrogens with zero attached hydrogens (tertiary/aromatic N) is 2. The average molecular weight is 436 g/mol. The molecule has 5 saturated carbocycles. The van der Waals surface area contributed by atoms with Crippen molar-refractivity contribution in [2.24, 2.45) is 23.2 Å². The lowest BCUT2D eigenvalue weighted by atomic mass is 9.46. The van der Waals surface area contributed by atoms with Crippen LogP contribution < -0.4 is 5.48 Å². The van der Waals surface area contributed by atoms with E-state index in [9.17, 15) is 20.0 Å². The van der Waals surface area contributed by atoms with Crippen molar-refractivity contribution < 1.29 is 19.5 Å². The molecule has 7 heteroatoms. The molecule has 1 amide bonds. The molecule has 6 atom stereocenters. The number of piperidine rings is 1. The normalized spacial score (nSPS) is 41.6. The molecular formula is C25H29N3O4. The Hall–Kier alpha value is -2.43. The van der Waals surface area contributed by atoms with Crippen molar-refractivity contribution in [3.63, 3.8) is 0 Å². The third-order valence-electron chi connectivity index (χ3n) is 8.72. The molecule has 0 radical (unpaired) electrons. The molecule has 1 aromatic rings. The first-order valence-electron chi connectivity index (χ1n) is 11.9. The van der Waals surface area contributed by atoms with Crippen LogP contribution in [0.15, 0.2) is 30.3 Å². The Labute approximate surface area is 187 Å². The number of amides is 1. The first kappa shape index (κ1) is 20.2. The summed E-state index contributed by atoms with van der Waals surface area (Å²) in [6, 6.07) is 9.97. The van der Waals surface area contributed by atoms with E-state index in [0.29, 0.717) is 29.7 Å². The van der Waals surface area contributed by atoms with Crippen molar-refractivity contribution in [1.82, 2.24) is 10.4 Å². The van der Waals surface area contributed by atoms with Crippen LogP contribution in [0.25, 0.3) is 0 Å². The molecule has 7 rings (SSSR count). The molecule has 1 aliphatic heterocycles. The molecule has 4 unspecified atom stereocenters. The van der Waals surface area contributed by atoms with Gasteiger partial charge in [-0.15, -0.1) is 5.48 Å². The Morgan fingerprint density at radius 3 is 2.50 bits per heavy atom. The predicted octanol–water partition coefficient (Wildman–Crippen LogP) is 2.56. The molecule has 5 aliphatic carbocycles. The molecule has 0 aromatic heterocycles. The van der Waals surface area contributed by atoms with Crippen LogP contribution in [0.3, 0.4) is 0 Å². The van der Waals surface area contributed by atoms with Crippen LogP contribution in [0.4, 0.5) is 0 Å². The first-order valence-corrected chi connectivity index (χ1v) is 11.9. The van der Waals surface area contributed by atoms with Gasteiger partial charge >= 0.3 is 5.97 Å². The largest absolute Gasteiger partial charge is 0.390 e. The van der Waals surface area contributed by atoms with E-state index in [0.717, 1.165) is 44.9 Å². The van der Waals surface area contributed by atoms with Gasteiger partial charge in [0.2, 0.25) is 5.91 Å². The Kier molecular flexibility index (Phi) is 4.44. The maximum absolute atomic E-state index is 14.0. The second-order valence-corrected chi connectivity index (χ2v) is 11.0. The third-order valence-corrected chi connectivity index (χ3v) is 8.72. The van der Waals surface area contributed by atoms with Gasteiger partial charge in [-0.3, -0.25) is 4.79 Å². The van der Waals surface area contributed by atoms with E-state index in [4.69, 9.17) is 4.84 Å². The maximum atomic E-state index is 14.0. The SMILES string of the molecule is N#CC1C[C@@H]2C[C@@H]2N1C(=O)C(NOC(=O)c1ccccc1)C12CC3CC(CC(O)(C3)C1)C2. The number of fused-ring (bicyclic) bond motifs is 1. The highest BCUT2D eigenvalue weighted by molar-refractivity contribution is 5.89. The molecule has 0 spiro atoms. The Morgan fingerprint density at radius 1 is 1.12 bits per heavy atom. The summed E-state index contributed by atoms with van der Waals surface area (Å²) in [6.07, 6.45) is 6.60. The smallest absolute Gasteiger partial charge is 0.356 e. The molecule has 1 heterocycles. The fraction of sp³-hybridized carbons (Fsp3) is 0.640. The molecule has 32 heavy (non-hydrogen) atoms. The van der Waals surface area contributed by atoms with E-state index in [1.165, 1.54) is 0 Å². The second kappa shape index (κ2) is 7.03. The zero-order chi connectivity index (χ0) is 22.1. The quantitative estimate of drug-likeness (QED) is 0.689. The van der Waals surface area contributed by atoms with Gasteiger partial charge in [0.05, 0.1) is 17.2 Å². The van der Waals surface area contributed by atoms with Crippen LogP contribution in [0.5, 0.6) is 0 Å². The van der Waals surface area contributed by atoms with Crippen LogP contribution in [-0.2, 0) is 9.63 Å². The molecule has 4 bridgehead atoms. The number of hydrogen-bond acceptors (Lipinski definition) is 6. The number of rotatable bonds is 5. The standard InChI is InChI=1S/C25H29N3O4/c26-13-19-7-18-8-20(18)28(19)22(29)21(27-32-23(30)17-4-2-1-3-5-17)24-9-15-6-16(10-24)12-25(31,11-15)14-24/h1-5,15-16,18-21,27,31H,6-12,14H2/t15?,16?,18-,19?,20+,21?,24?,25?/m1/s1. The number of hydroxylamine groups is 1. The molecule has 168 valence electrons. The zero-order valence-corrected chi connectivity index (χ0v) is 18.1. The van der Waals surface area contributed by atoms with Crippen molar-refractivity contribution in [1.29, 1.82) is 5.26 Å². The summed E-state index contributed by atoms with van der Waals surface area (Å²) in [5, 5.41) is 20.9. The molecule has 1 saturated heterocycles. The van der Waals surface area contributed by atoms with Gasteiger partial charge in [0.25, 0.3) is 0 Å². The number of benzene rings is 1. The van der Waals surface area contributed by atoms with Crippen molar-refractivity contribution in [2.45, 2.75) is 75.1 Å². The summed E-state index contributed by atoms with van der Waals surface area (Å²) >= 11 is 0. The van der Waals surface area contributed by atoms with Crippen LogP contribution >= 0.6 is 0 Å². The molecule has 6 fully saturated rings. The highest BCUT2D eigenvalue weighted by atomic mass is 16.7. The third kappa shape index (κ3) is 3.15. The number of likely N-dealkylation sites (tertiary alicyclic amines) is 1. The van der Waals surface area contributed by atoms with E-state index < -0.39 is 29.1 Å². The maximum Gasteiger partial charge on any atom is 0.356 e. The fourth-order valence-electron chi connectivity index (χ4n) is 7.84. The van der Waals surface area contributed by atoms with Crippen molar-refractivity contribution in [2.75, 3.05) is 0 Å². The Balaban J connectivity index is 1.30. The topological polar surface area (TPSA) is 103 Å². The summed E-state index contributed by atoms with van der Waals surface area (Å²) in [5.41, 5.74) is 2.10. The summed E-state index contributed by atoms with van der Waals surface area (Å²) < 4.78 is 0. The highest BCUT2D eigenvalue weighted by Crippen LogP contribution is 2.63. The minimum Gasteiger partial charge on any atom is -0.390 e. The molecule has 2 N–H and O–H groups in total. The van der Waals surface area contributed by atoms with Crippen molar-refractivity contribution in [3.05, 3.63) is 35.9 Å². The summed E-state index contributed by atoms with van der Waals surface area (Å²) in [7, 11) is 0. The second-order valence-electron chi connectivity index (χ2n) is 11.0. The van der Waals surface area contributed by atoms with Crippen LogP contribution in [0, 0.1) is 34.5 Å². The summed E-state index contributed by atoms with van der Waals surface area (Å²) in [6.45, 7) is 0. The van der Waals surface area contributed by atoms with E-state index in [-0.39, 0.29) is 11.9 Å². The van der Waals surface area contributed by atoms with Crippen molar-refractivity contribution >= 4 is 11.9 Å². The molecule has 1 aromatic carbocycles.